The summed E-state index contributed by atoms with van der Waals surface area (Å²) in [7, 11) is 0. The van der Waals surface area contributed by atoms with Gasteiger partial charge in [0, 0.05) is 10.8 Å². The van der Waals surface area contributed by atoms with Crippen molar-refractivity contribution in [3.63, 3.8) is 0 Å². The van der Waals surface area contributed by atoms with Crippen molar-refractivity contribution in [3.05, 3.63) is 41.2 Å². The molecular weight excluding hydrogens is 218 g/mol. The van der Waals surface area contributed by atoms with Crippen LogP contribution in [0.5, 0.6) is 0 Å². The standard InChI is InChI=1S/C9H8ClN3S/c10-8-3-1-7(2-4-8)5-14-9-11-6-12-13-9/h1-4,6H,5H2,(H,11,12,13). The first kappa shape index (κ1) is 9.55. The van der Waals surface area contributed by atoms with Crippen LogP contribution in [0.2, 0.25) is 5.02 Å². The molecule has 0 unspecified atom stereocenters. The van der Waals surface area contributed by atoms with E-state index in [0.29, 0.717) is 0 Å². The highest BCUT2D eigenvalue weighted by Crippen LogP contribution is 2.19. The van der Waals surface area contributed by atoms with E-state index in [-0.39, 0.29) is 0 Å². The molecule has 1 heterocycles. The quantitative estimate of drug-likeness (QED) is 0.817. The summed E-state index contributed by atoms with van der Waals surface area (Å²) in [4.78, 5) is 2.93. The first-order chi connectivity index (χ1) is 6.84. The van der Waals surface area contributed by atoms with Crippen LogP contribution in [-0.2, 0) is 5.75 Å². The van der Waals surface area contributed by atoms with Gasteiger partial charge in [-0.3, -0.25) is 0 Å². The SMILES string of the molecule is Clc1ccc(CSc2nnc[nH]2)cc1. The average molecular weight is 226 g/mol. The van der Waals surface area contributed by atoms with Gasteiger partial charge < -0.3 is 4.98 Å². The molecular formula is C9H8ClN3S. The summed E-state index contributed by atoms with van der Waals surface area (Å²) < 4.78 is 0. The van der Waals surface area contributed by atoms with Crippen LogP contribution >= 0.6 is 23.4 Å². The molecule has 1 aromatic heterocycles. The molecule has 72 valence electrons. The predicted octanol–water partition coefficient (Wildman–Crippen LogP) is 2.75. The number of hydrogen-bond donors (Lipinski definition) is 1. The smallest absolute Gasteiger partial charge is 0.188 e. The van der Waals surface area contributed by atoms with Crippen LogP contribution < -0.4 is 0 Å². The Morgan fingerprint density at radius 3 is 2.71 bits per heavy atom. The van der Waals surface area contributed by atoms with Gasteiger partial charge in [-0.15, -0.1) is 10.2 Å². The third-order valence-electron chi connectivity index (χ3n) is 1.68. The fourth-order valence-electron chi connectivity index (χ4n) is 0.997. The summed E-state index contributed by atoms with van der Waals surface area (Å²) in [6.07, 6.45) is 1.57. The summed E-state index contributed by atoms with van der Waals surface area (Å²) in [6.45, 7) is 0. The van der Waals surface area contributed by atoms with E-state index in [0.717, 1.165) is 15.9 Å². The minimum atomic E-state index is 0.762. The maximum atomic E-state index is 5.78. The molecule has 0 spiro atoms. The Bertz CT molecular complexity index is 385. The molecule has 0 saturated carbocycles. The summed E-state index contributed by atoms with van der Waals surface area (Å²) in [5.41, 5.74) is 1.22. The van der Waals surface area contributed by atoms with Gasteiger partial charge in [-0.1, -0.05) is 35.5 Å². The molecule has 1 aromatic carbocycles. The van der Waals surface area contributed by atoms with Crippen molar-refractivity contribution >= 4 is 23.4 Å². The fraction of sp³-hybridized carbons (Fsp3) is 0.111. The molecule has 2 rings (SSSR count). The maximum absolute atomic E-state index is 5.78. The zero-order chi connectivity index (χ0) is 9.80. The Hall–Kier alpha value is -1.00. The lowest BCUT2D eigenvalue weighted by Gasteiger charge is -1.98. The van der Waals surface area contributed by atoms with Crippen LogP contribution in [0, 0.1) is 0 Å². The Kier molecular flexibility index (Phi) is 3.06. The van der Waals surface area contributed by atoms with Crippen LogP contribution in [0.4, 0.5) is 0 Å². The number of halogens is 1. The monoisotopic (exact) mass is 225 g/mol. The second-order valence-electron chi connectivity index (χ2n) is 2.71. The van der Waals surface area contributed by atoms with Gasteiger partial charge in [0.25, 0.3) is 0 Å². The van der Waals surface area contributed by atoms with E-state index in [9.17, 15) is 0 Å². The van der Waals surface area contributed by atoms with Crippen molar-refractivity contribution in [1.82, 2.24) is 15.2 Å². The molecule has 3 nitrogen and oxygen atoms in total. The van der Waals surface area contributed by atoms with Crippen LogP contribution in [-0.4, -0.2) is 15.2 Å². The summed E-state index contributed by atoms with van der Waals surface area (Å²) in [5.74, 6) is 0.867. The molecule has 0 aliphatic carbocycles. The molecule has 0 atom stereocenters. The molecule has 0 radical (unpaired) electrons. The summed E-state index contributed by atoms with van der Waals surface area (Å²) >= 11 is 7.39. The lowest BCUT2D eigenvalue weighted by molar-refractivity contribution is 0.973. The van der Waals surface area contributed by atoms with Crippen molar-refractivity contribution in [2.24, 2.45) is 0 Å². The van der Waals surface area contributed by atoms with E-state index in [2.05, 4.69) is 15.2 Å². The number of rotatable bonds is 3. The van der Waals surface area contributed by atoms with E-state index in [1.54, 1.807) is 18.1 Å². The molecule has 0 amide bonds. The van der Waals surface area contributed by atoms with Crippen molar-refractivity contribution < 1.29 is 0 Å². The van der Waals surface area contributed by atoms with Gasteiger partial charge in [-0.2, -0.15) is 0 Å². The number of H-pyrrole nitrogens is 1. The highest BCUT2D eigenvalue weighted by atomic mass is 35.5. The fourth-order valence-corrected chi connectivity index (χ4v) is 1.86. The van der Waals surface area contributed by atoms with Crippen molar-refractivity contribution in [2.75, 3.05) is 0 Å². The highest BCUT2D eigenvalue weighted by molar-refractivity contribution is 7.98. The molecule has 0 fully saturated rings. The third kappa shape index (κ3) is 2.49. The van der Waals surface area contributed by atoms with Gasteiger partial charge in [0.15, 0.2) is 5.16 Å². The Morgan fingerprint density at radius 1 is 1.29 bits per heavy atom. The molecule has 1 N–H and O–H groups in total. The Labute approximate surface area is 90.9 Å². The van der Waals surface area contributed by atoms with Gasteiger partial charge in [0.1, 0.15) is 6.33 Å². The number of aromatic nitrogens is 3. The number of hydrogen-bond acceptors (Lipinski definition) is 3. The van der Waals surface area contributed by atoms with Gasteiger partial charge in [0.2, 0.25) is 0 Å². The van der Waals surface area contributed by atoms with Gasteiger partial charge in [-0.05, 0) is 17.7 Å². The number of benzene rings is 1. The summed E-state index contributed by atoms with van der Waals surface area (Å²) in [5, 5.41) is 9.18. The molecule has 0 saturated heterocycles. The lowest BCUT2D eigenvalue weighted by atomic mass is 10.2. The van der Waals surface area contributed by atoms with E-state index >= 15 is 0 Å². The van der Waals surface area contributed by atoms with Crippen molar-refractivity contribution in [1.29, 1.82) is 0 Å². The number of aromatic amines is 1. The first-order valence-electron chi connectivity index (χ1n) is 4.08. The second kappa shape index (κ2) is 4.48. The van der Waals surface area contributed by atoms with Crippen molar-refractivity contribution in [3.8, 4) is 0 Å². The molecule has 14 heavy (non-hydrogen) atoms. The Morgan fingerprint density at radius 2 is 2.07 bits per heavy atom. The van der Waals surface area contributed by atoms with E-state index in [4.69, 9.17) is 11.6 Å². The van der Waals surface area contributed by atoms with Crippen LogP contribution in [0.3, 0.4) is 0 Å². The number of nitrogens with one attached hydrogen (secondary N) is 1. The first-order valence-corrected chi connectivity index (χ1v) is 5.44. The van der Waals surface area contributed by atoms with Gasteiger partial charge in [-0.25, -0.2) is 0 Å². The Balaban J connectivity index is 1.95. The predicted molar refractivity (Wildman–Crippen MR) is 57.4 cm³/mol. The maximum Gasteiger partial charge on any atom is 0.188 e. The van der Waals surface area contributed by atoms with Crippen LogP contribution in [0.25, 0.3) is 0 Å². The molecule has 2 aromatic rings. The highest BCUT2D eigenvalue weighted by Gasteiger charge is 1.98. The van der Waals surface area contributed by atoms with E-state index < -0.39 is 0 Å². The van der Waals surface area contributed by atoms with Crippen LogP contribution in [0.15, 0.2) is 35.7 Å². The third-order valence-corrected chi connectivity index (χ3v) is 2.89. The topological polar surface area (TPSA) is 41.6 Å². The largest absolute Gasteiger partial charge is 0.323 e. The number of nitrogens with zero attached hydrogens (tertiary/aromatic N) is 2. The molecule has 5 heteroatoms. The van der Waals surface area contributed by atoms with E-state index in [1.807, 2.05) is 24.3 Å². The van der Waals surface area contributed by atoms with E-state index in [1.165, 1.54) is 5.56 Å². The molecule has 0 bridgehead atoms. The van der Waals surface area contributed by atoms with Crippen molar-refractivity contribution in [2.45, 2.75) is 10.9 Å². The summed E-state index contributed by atoms with van der Waals surface area (Å²) in [6, 6.07) is 7.78. The second-order valence-corrected chi connectivity index (χ2v) is 4.11. The van der Waals surface area contributed by atoms with Crippen LogP contribution in [0.1, 0.15) is 5.56 Å². The molecule has 0 aliphatic rings. The average Bonchev–Trinajstić information content (AvgIpc) is 2.70. The zero-order valence-electron chi connectivity index (χ0n) is 7.27. The van der Waals surface area contributed by atoms with Gasteiger partial charge >= 0.3 is 0 Å². The minimum Gasteiger partial charge on any atom is -0.323 e. The normalized spacial score (nSPS) is 10.4. The molecule has 0 aliphatic heterocycles. The number of thioether (sulfide) groups is 1. The van der Waals surface area contributed by atoms with Gasteiger partial charge in [0.05, 0.1) is 0 Å². The zero-order valence-corrected chi connectivity index (χ0v) is 8.85. The lowest BCUT2D eigenvalue weighted by Crippen LogP contribution is -1.81. The minimum absolute atomic E-state index is 0.762.